The molecule has 160 valence electrons. The maximum atomic E-state index is 13.1. The van der Waals surface area contributed by atoms with E-state index in [0.29, 0.717) is 5.69 Å². The Morgan fingerprint density at radius 3 is 1.66 bits per heavy atom. The molecule has 0 saturated carbocycles. The van der Waals surface area contributed by atoms with Gasteiger partial charge in [0.15, 0.2) is 5.82 Å². The summed E-state index contributed by atoms with van der Waals surface area (Å²) in [4.78, 5) is 15.7. The number of alkyl halides is 6. The van der Waals surface area contributed by atoms with Crippen LogP contribution in [0.5, 0.6) is 0 Å². The number of aromatic nitrogens is 4. The van der Waals surface area contributed by atoms with E-state index < -0.39 is 36.3 Å². The van der Waals surface area contributed by atoms with E-state index in [2.05, 4.69) is 30.6 Å². The highest BCUT2D eigenvalue weighted by atomic mass is 19.4. The number of pyridine rings is 1. The molecule has 0 aliphatic carbocycles. The lowest BCUT2D eigenvalue weighted by atomic mass is 10.2. The van der Waals surface area contributed by atoms with Crippen LogP contribution in [0.25, 0.3) is 11.5 Å². The molecule has 0 amide bonds. The maximum Gasteiger partial charge on any atom is 0.408 e. The largest absolute Gasteiger partial charge is 0.408 e. The van der Waals surface area contributed by atoms with Gasteiger partial charge in [-0.3, -0.25) is 0 Å². The highest BCUT2D eigenvalue weighted by Gasteiger charge is 2.40. The third-order valence-corrected chi connectivity index (χ3v) is 3.97. The Morgan fingerprint density at radius 1 is 0.793 bits per heavy atom. The van der Waals surface area contributed by atoms with Crippen molar-refractivity contribution in [3.05, 3.63) is 23.9 Å². The van der Waals surface area contributed by atoms with Crippen molar-refractivity contribution in [3.8, 4) is 11.5 Å². The molecule has 0 fully saturated rings. The molecule has 29 heavy (non-hydrogen) atoms. The van der Waals surface area contributed by atoms with Crippen LogP contribution in [0.2, 0.25) is 0 Å². The van der Waals surface area contributed by atoms with Gasteiger partial charge < -0.3 is 10.6 Å². The van der Waals surface area contributed by atoms with E-state index in [4.69, 9.17) is 0 Å². The van der Waals surface area contributed by atoms with Crippen LogP contribution in [0, 0.1) is 6.92 Å². The van der Waals surface area contributed by atoms with Gasteiger partial charge >= 0.3 is 12.4 Å². The van der Waals surface area contributed by atoms with Gasteiger partial charge in [0, 0.05) is 5.69 Å². The lowest BCUT2D eigenvalue weighted by molar-refractivity contribution is -0.143. The highest BCUT2D eigenvalue weighted by Crippen LogP contribution is 2.28. The normalized spacial score (nSPS) is 14.4. The summed E-state index contributed by atoms with van der Waals surface area (Å²) in [6, 6.07) is 0.854. The van der Waals surface area contributed by atoms with E-state index in [1.807, 2.05) is 0 Å². The number of anilines is 2. The van der Waals surface area contributed by atoms with Crippen molar-refractivity contribution >= 4 is 11.9 Å². The van der Waals surface area contributed by atoms with E-state index in [0.717, 1.165) is 0 Å². The Balaban J connectivity index is 2.48. The number of rotatable bonds is 7. The second kappa shape index (κ2) is 8.78. The second-order valence-corrected chi connectivity index (χ2v) is 6.26. The molecule has 0 aliphatic rings. The Kier molecular flexibility index (Phi) is 6.85. The van der Waals surface area contributed by atoms with Crippen molar-refractivity contribution in [1.29, 1.82) is 0 Å². The zero-order valence-corrected chi connectivity index (χ0v) is 15.9. The third kappa shape index (κ3) is 6.16. The first-order valence-electron chi connectivity index (χ1n) is 8.80. The summed E-state index contributed by atoms with van der Waals surface area (Å²) < 4.78 is 78.6. The van der Waals surface area contributed by atoms with Crippen molar-refractivity contribution in [2.24, 2.45) is 0 Å². The smallest absolute Gasteiger partial charge is 0.342 e. The summed E-state index contributed by atoms with van der Waals surface area (Å²) in [6.07, 6.45) is -9.82. The molecule has 0 saturated heterocycles. The fourth-order valence-electron chi connectivity index (χ4n) is 2.43. The van der Waals surface area contributed by atoms with Crippen LogP contribution in [-0.2, 0) is 0 Å². The minimum atomic E-state index is -4.59. The van der Waals surface area contributed by atoms with Gasteiger partial charge in [-0.15, -0.1) is 0 Å². The first kappa shape index (κ1) is 22.6. The van der Waals surface area contributed by atoms with Crippen molar-refractivity contribution in [2.45, 2.75) is 58.0 Å². The fourth-order valence-corrected chi connectivity index (χ4v) is 2.43. The molecule has 2 rings (SSSR count). The van der Waals surface area contributed by atoms with Crippen LogP contribution in [0.3, 0.4) is 0 Å². The average Bonchev–Trinajstić information content (AvgIpc) is 2.62. The molecule has 12 heteroatoms. The summed E-state index contributed by atoms with van der Waals surface area (Å²) in [5.41, 5.74) is 0.772. The summed E-state index contributed by atoms with van der Waals surface area (Å²) in [6.45, 7) is 4.30. The first-order valence-corrected chi connectivity index (χ1v) is 8.80. The predicted octanol–water partition coefficient (Wildman–Crippen LogP) is 4.75. The lowest BCUT2D eigenvalue weighted by Gasteiger charge is -2.22. The maximum absolute atomic E-state index is 13.1. The van der Waals surface area contributed by atoms with Crippen molar-refractivity contribution in [3.63, 3.8) is 0 Å². The van der Waals surface area contributed by atoms with Crippen LogP contribution < -0.4 is 10.6 Å². The molecule has 2 aromatic heterocycles. The van der Waals surface area contributed by atoms with Gasteiger partial charge in [-0.25, -0.2) is 4.98 Å². The number of nitrogens with zero attached hydrogens (tertiary/aromatic N) is 4. The summed E-state index contributed by atoms with van der Waals surface area (Å²) in [5, 5.41) is 4.26. The van der Waals surface area contributed by atoms with Gasteiger partial charge in [0.1, 0.15) is 17.8 Å². The number of nitrogens with one attached hydrogen (secondary N) is 2. The topological polar surface area (TPSA) is 75.6 Å². The molecular weight excluding hydrogens is 402 g/mol. The van der Waals surface area contributed by atoms with Gasteiger partial charge in [-0.1, -0.05) is 19.9 Å². The molecule has 0 spiro atoms. The van der Waals surface area contributed by atoms with Gasteiger partial charge in [-0.2, -0.15) is 41.3 Å². The van der Waals surface area contributed by atoms with Crippen molar-refractivity contribution in [2.75, 3.05) is 10.6 Å². The van der Waals surface area contributed by atoms with Crippen LogP contribution in [0.4, 0.5) is 38.2 Å². The van der Waals surface area contributed by atoms with E-state index in [9.17, 15) is 26.3 Å². The van der Waals surface area contributed by atoms with Gasteiger partial charge in [0.25, 0.3) is 0 Å². The monoisotopic (exact) mass is 422 g/mol. The third-order valence-electron chi connectivity index (χ3n) is 3.97. The SMILES string of the molecule is CCC(Nc1nc(NC(CC)C(F)(F)F)nc(-c2cccc(C)n2)n1)C(F)(F)F. The molecule has 6 nitrogen and oxygen atoms in total. The molecular formula is C17H20F6N6. The molecule has 0 aromatic carbocycles. The fraction of sp³-hybridized carbons (Fsp3) is 0.529. The average molecular weight is 422 g/mol. The minimum Gasteiger partial charge on any atom is -0.342 e. The van der Waals surface area contributed by atoms with E-state index in [-0.39, 0.29) is 24.4 Å². The van der Waals surface area contributed by atoms with Crippen LogP contribution >= 0.6 is 0 Å². The standard InChI is InChI=1S/C17H20F6N6/c1-4-11(16(18,19)20)25-14-27-13(10-8-6-7-9(3)24-10)28-15(29-14)26-12(5-2)17(21,22)23/h6-8,11-12H,4-5H2,1-3H3,(H2,25,26,27,28,29). The van der Waals surface area contributed by atoms with Gasteiger partial charge in [0.2, 0.25) is 11.9 Å². The second-order valence-electron chi connectivity index (χ2n) is 6.26. The zero-order chi connectivity index (χ0) is 21.8. The van der Waals surface area contributed by atoms with E-state index in [1.54, 1.807) is 19.1 Å². The Morgan fingerprint density at radius 2 is 1.28 bits per heavy atom. The Hall–Kier alpha value is -2.66. The first-order chi connectivity index (χ1) is 13.4. The van der Waals surface area contributed by atoms with Gasteiger partial charge in [0.05, 0.1) is 0 Å². The lowest BCUT2D eigenvalue weighted by Crippen LogP contribution is -2.37. The number of hydrogen-bond donors (Lipinski definition) is 2. The van der Waals surface area contributed by atoms with Crippen molar-refractivity contribution < 1.29 is 26.3 Å². The molecule has 2 heterocycles. The summed E-state index contributed by atoms with van der Waals surface area (Å²) in [5.74, 6) is -1.15. The molecule has 0 aliphatic heterocycles. The summed E-state index contributed by atoms with van der Waals surface area (Å²) >= 11 is 0. The molecule has 2 N–H and O–H groups in total. The molecule has 0 bridgehead atoms. The quantitative estimate of drug-likeness (QED) is 0.628. The number of hydrogen-bond acceptors (Lipinski definition) is 6. The highest BCUT2D eigenvalue weighted by molar-refractivity contribution is 5.54. The van der Waals surface area contributed by atoms with Crippen LogP contribution in [0.15, 0.2) is 18.2 Å². The summed E-state index contributed by atoms with van der Waals surface area (Å²) in [7, 11) is 0. The number of halogens is 6. The van der Waals surface area contributed by atoms with Gasteiger partial charge in [-0.05, 0) is 31.9 Å². The molecule has 2 unspecified atom stereocenters. The van der Waals surface area contributed by atoms with E-state index >= 15 is 0 Å². The Bertz CT molecular complexity index is 781. The molecule has 2 atom stereocenters. The molecule has 2 aromatic rings. The number of aryl methyl sites for hydroxylation is 1. The van der Waals surface area contributed by atoms with Crippen LogP contribution in [0.1, 0.15) is 32.4 Å². The van der Waals surface area contributed by atoms with Crippen LogP contribution in [-0.4, -0.2) is 44.4 Å². The van der Waals surface area contributed by atoms with Crippen molar-refractivity contribution in [1.82, 2.24) is 19.9 Å². The molecule has 0 radical (unpaired) electrons. The minimum absolute atomic E-state index is 0.150. The Labute approximate surface area is 163 Å². The zero-order valence-electron chi connectivity index (χ0n) is 15.9. The predicted molar refractivity (Wildman–Crippen MR) is 95.3 cm³/mol. The van der Waals surface area contributed by atoms with E-state index in [1.165, 1.54) is 19.9 Å².